The summed E-state index contributed by atoms with van der Waals surface area (Å²) in [6.45, 7) is 2.93. The Bertz CT molecular complexity index is 971. The van der Waals surface area contributed by atoms with Crippen molar-refractivity contribution in [2.45, 2.75) is 37.1 Å². The van der Waals surface area contributed by atoms with Gasteiger partial charge in [0.15, 0.2) is 0 Å². The molecule has 1 heterocycles. The van der Waals surface area contributed by atoms with Crippen molar-refractivity contribution in [2.75, 3.05) is 20.2 Å². The molecule has 0 aromatic heterocycles. The van der Waals surface area contributed by atoms with Crippen LogP contribution in [0.3, 0.4) is 0 Å². The Morgan fingerprint density at radius 2 is 1.83 bits per heavy atom. The Morgan fingerprint density at radius 3 is 2.41 bits per heavy atom. The van der Waals surface area contributed by atoms with Gasteiger partial charge in [0.25, 0.3) is 5.91 Å². The molecule has 1 fully saturated rings. The highest BCUT2D eigenvalue weighted by Crippen LogP contribution is 2.28. The first-order chi connectivity index (χ1) is 13.9. The molecule has 2 aromatic rings. The van der Waals surface area contributed by atoms with Gasteiger partial charge in [0.2, 0.25) is 10.0 Å². The number of amides is 1. The Morgan fingerprint density at radius 1 is 1.17 bits per heavy atom. The molecule has 2 aromatic carbocycles. The largest absolute Gasteiger partial charge is 0.497 e. The van der Waals surface area contributed by atoms with Gasteiger partial charge >= 0.3 is 0 Å². The third-order valence-corrected chi connectivity index (χ3v) is 7.49. The van der Waals surface area contributed by atoms with Crippen LogP contribution in [-0.2, 0) is 10.0 Å². The van der Waals surface area contributed by atoms with Gasteiger partial charge in [-0.05, 0) is 55.2 Å². The molecule has 3 rings (SSSR count). The molecule has 0 bridgehead atoms. The molecular weight excluding hydrogens is 412 g/mol. The quantitative estimate of drug-likeness (QED) is 0.711. The lowest BCUT2D eigenvalue weighted by molar-refractivity contribution is 0.0935. The number of methoxy groups -OCH3 is 1. The fourth-order valence-electron chi connectivity index (χ4n) is 3.41. The monoisotopic (exact) mass is 436 g/mol. The van der Waals surface area contributed by atoms with Crippen LogP contribution in [0.5, 0.6) is 5.75 Å². The zero-order valence-electron chi connectivity index (χ0n) is 16.5. The van der Waals surface area contributed by atoms with E-state index in [-0.39, 0.29) is 27.4 Å². The van der Waals surface area contributed by atoms with E-state index in [9.17, 15) is 13.2 Å². The van der Waals surface area contributed by atoms with Crippen LogP contribution < -0.4 is 10.1 Å². The van der Waals surface area contributed by atoms with Gasteiger partial charge in [0.05, 0.1) is 18.2 Å². The third-order valence-electron chi connectivity index (χ3n) is 5.11. The lowest BCUT2D eigenvalue weighted by Crippen LogP contribution is -2.30. The standard InChI is InChI=1S/C21H25ClN2O4S/c1-3-19(15-6-9-17(28-2)10-7-15)23-21(25)16-8-11-18(22)20(14-16)29(26,27)24-12-4-5-13-24/h6-11,14,19H,3-5,12-13H2,1-2H3,(H,23,25)/t19-/m1/s1. The van der Waals surface area contributed by atoms with Crippen molar-refractivity contribution >= 4 is 27.5 Å². The van der Waals surface area contributed by atoms with Crippen molar-refractivity contribution < 1.29 is 17.9 Å². The molecule has 1 aliphatic heterocycles. The van der Waals surface area contributed by atoms with E-state index >= 15 is 0 Å². The number of carbonyl (C=O) groups is 1. The van der Waals surface area contributed by atoms with Crippen molar-refractivity contribution in [1.29, 1.82) is 0 Å². The van der Waals surface area contributed by atoms with E-state index < -0.39 is 10.0 Å². The average Bonchev–Trinajstić information content (AvgIpc) is 3.28. The number of benzene rings is 2. The summed E-state index contributed by atoms with van der Waals surface area (Å²) in [6.07, 6.45) is 2.35. The summed E-state index contributed by atoms with van der Waals surface area (Å²) in [5.74, 6) is 0.395. The maximum Gasteiger partial charge on any atom is 0.251 e. The summed E-state index contributed by atoms with van der Waals surface area (Å²) in [5.41, 5.74) is 1.21. The number of hydrogen-bond donors (Lipinski definition) is 1. The van der Waals surface area contributed by atoms with Crippen molar-refractivity contribution in [3.8, 4) is 5.75 Å². The highest BCUT2D eigenvalue weighted by Gasteiger charge is 2.30. The number of sulfonamides is 1. The third kappa shape index (κ3) is 4.74. The lowest BCUT2D eigenvalue weighted by Gasteiger charge is -2.19. The number of carbonyl (C=O) groups excluding carboxylic acids is 1. The molecule has 1 N–H and O–H groups in total. The Balaban J connectivity index is 1.83. The molecular formula is C21H25ClN2O4S. The molecule has 156 valence electrons. The molecule has 6 nitrogen and oxygen atoms in total. The second-order valence-corrected chi connectivity index (χ2v) is 9.28. The van der Waals surface area contributed by atoms with Crippen LogP contribution in [0.15, 0.2) is 47.4 Å². The predicted molar refractivity (Wildman–Crippen MR) is 113 cm³/mol. The summed E-state index contributed by atoms with van der Waals surface area (Å²) in [5, 5.41) is 3.09. The molecule has 0 radical (unpaired) electrons. The molecule has 29 heavy (non-hydrogen) atoms. The van der Waals surface area contributed by atoms with E-state index in [0.29, 0.717) is 19.5 Å². The maximum atomic E-state index is 12.9. The summed E-state index contributed by atoms with van der Waals surface area (Å²) < 4.78 is 32.4. The van der Waals surface area contributed by atoms with Gasteiger partial charge in [-0.3, -0.25) is 4.79 Å². The zero-order chi connectivity index (χ0) is 21.0. The molecule has 1 amide bonds. The number of rotatable bonds is 7. The van der Waals surface area contributed by atoms with Gasteiger partial charge in [-0.2, -0.15) is 4.31 Å². The summed E-state index contributed by atoms with van der Waals surface area (Å²) in [4.78, 5) is 12.8. The van der Waals surface area contributed by atoms with Crippen molar-refractivity contribution in [1.82, 2.24) is 9.62 Å². The minimum atomic E-state index is -3.71. The fourth-order valence-corrected chi connectivity index (χ4v) is 5.43. The van der Waals surface area contributed by atoms with Crippen LogP contribution in [0.1, 0.15) is 48.1 Å². The maximum absolute atomic E-state index is 12.9. The number of nitrogens with zero attached hydrogens (tertiary/aromatic N) is 1. The molecule has 8 heteroatoms. The molecule has 0 unspecified atom stereocenters. The average molecular weight is 437 g/mol. The Labute approximate surface area is 176 Å². The van der Waals surface area contributed by atoms with Gasteiger partial charge < -0.3 is 10.1 Å². The molecule has 1 aliphatic rings. The van der Waals surface area contributed by atoms with Crippen molar-refractivity contribution in [3.05, 3.63) is 58.6 Å². The Hall–Kier alpha value is -2.09. The first kappa shape index (κ1) is 21.6. The molecule has 0 aliphatic carbocycles. The summed E-state index contributed by atoms with van der Waals surface area (Å²) in [6, 6.07) is 11.7. The van der Waals surface area contributed by atoms with E-state index in [2.05, 4.69) is 5.32 Å². The van der Waals surface area contributed by atoms with Crippen molar-refractivity contribution in [2.24, 2.45) is 0 Å². The normalized spacial score (nSPS) is 15.8. The van der Waals surface area contributed by atoms with Gasteiger partial charge in [-0.15, -0.1) is 0 Å². The minimum Gasteiger partial charge on any atom is -0.497 e. The second kappa shape index (κ2) is 9.15. The fraction of sp³-hybridized carbons (Fsp3) is 0.381. The van der Waals surface area contributed by atoms with Crippen LogP contribution in [0.2, 0.25) is 5.02 Å². The Kier molecular flexibility index (Phi) is 6.82. The number of nitrogens with one attached hydrogen (secondary N) is 1. The van der Waals surface area contributed by atoms with Crippen LogP contribution in [-0.4, -0.2) is 38.8 Å². The van der Waals surface area contributed by atoms with Crippen LogP contribution in [0, 0.1) is 0 Å². The number of hydrogen-bond acceptors (Lipinski definition) is 4. The molecule has 1 atom stereocenters. The second-order valence-electron chi connectivity index (χ2n) is 6.96. The molecule has 0 spiro atoms. The predicted octanol–water partition coefficient (Wildman–Crippen LogP) is 4.01. The number of ether oxygens (including phenoxy) is 1. The molecule has 1 saturated heterocycles. The van der Waals surface area contributed by atoms with Gasteiger partial charge in [0.1, 0.15) is 10.6 Å². The highest BCUT2D eigenvalue weighted by molar-refractivity contribution is 7.89. The van der Waals surface area contributed by atoms with Gasteiger partial charge in [-0.1, -0.05) is 30.7 Å². The smallest absolute Gasteiger partial charge is 0.251 e. The van der Waals surface area contributed by atoms with E-state index in [1.165, 1.54) is 16.4 Å². The SMILES string of the molecule is CC[C@@H](NC(=O)c1ccc(Cl)c(S(=O)(=O)N2CCCC2)c1)c1ccc(OC)cc1. The topological polar surface area (TPSA) is 75.7 Å². The minimum absolute atomic E-state index is 0.0220. The molecule has 0 saturated carbocycles. The lowest BCUT2D eigenvalue weighted by atomic mass is 10.0. The van der Waals surface area contributed by atoms with Crippen LogP contribution in [0.4, 0.5) is 0 Å². The number of halogens is 1. The zero-order valence-corrected chi connectivity index (χ0v) is 18.1. The van der Waals surface area contributed by atoms with E-state index in [4.69, 9.17) is 16.3 Å². The highest BCUT2D eigenvalue weighted by atomic mass is 35.5. The first-order valence-corrected chi connectivity index (χ1v) is 11.4. The summed E-state index contributed by atoms with van der Waals surface area (Å²) >= 11 is 6.17. The van der Waals surface area contributed by atoms with Gasteiger partial charge in [0, 0.05) is 18.7 Å². The summed E-state index contributed by atoms with van der Waals surface area (Å²) in [7, 11) is -2.11. The van der Waals surface area contributed by atoms with Crippen molar-refractivity contribution in [3.63, 3.8) is 0 Å². The van der Waals surface area contributed by atoms with E-state index in [1.807, 2.05) is 31.2 Å². The van der Waals surface area contributed by atoms with Crippen LogP contribution >= 0.6 is 11.6 Å². The van der Waals surface area contributed by atoms with Crippen LogP contribution in [0.25, 0.3) is 0 Å². The van der Waals surface area contributed by atoms with E-state index in [0.717, 1.165) is 24.2 Å². The van der Waals surface area contributed by atoms with E-state index in [1.54, 1.807) is 13.2 Å². The van der Waals surface area contributed by atoms with Gasteiger partial charge in [-0.25, -0.2) is 8.42 Å². The first-order valence-electron chi connectivity index (χ1n) is 9.61.